The summed E-state index contributed by atoms with van der Waals surface area (Å²) < 4.78 is 42.4. The van der Waals surface area contributed by atoms with E-state index < -0.39 is 35.8 Å². The van der Waals surface area contributed by atoms with E-state index in [-0.39, 0.29) is 61.4 Å². The molecule has 0 spiro atoms. The molecule has 4 saturated heterocycles. The van der Waals surface area contributed by atoms with Crippen molar-refractivity contribution in [3.05, 3.63) is 59.6 Å². The van der Waals surface area contributed by atoms with Crippen LogP contribution in [0.1, 0.15) is 49.4 Å². The molecule has 0 aliphatic carbocycles. The Hall–Kier alpha value is -4.55. The van der Waals surface area contributed by atoms with Crippen LogP contribution in [0.4, 0.5) is 20.3 Å². The van der Waals surface area contributed by atoms with Gasteiger partial charge in [-0.25, -0.2) is 8.78 Å². The van der Waals surface area contributed by atoms with Crippen molar-refractivity contribution < 1.29 is 38.4 Å². The van der Waals surface area contributed by atoms with E-state index >= 15 is 8.78 Å². The smallest absolute Gasteiger partial charge is 0.318 e. The van der Waals surface area contributed by atoms with Gasteiger partial charge in [-0.1, -0.05) is 18.6 Å². The quantitative estimate of drug-likeness (QED) is 0.232. The van der Waals surface area contributed by atoms with Crippen LogP contribution in [0.2, 0.25) is 0 Å². The fourth-order valence-corrected chi connectivity index (χ4v) is 9.60. The van der Waals surface area contributed by atoms with Crippen LogP contribution in [0.5, 0.6) is 11.8 Å². The number of piperazine rings is 1. The van der Waals surface area contributed by atoms with Crippen molar-refractivity contribution in [1.29, 1.82) is 0 Å². The second-order valence-electron chi connectivity index (χ2n) is 15.3. The number of aliphatic hydroxyl groups is 2. The number of likely N-dealkylation sites (tertiary alicyclic amines) is 1. The van der Waals surface area contributed by atoms with Gasteiger partial charge in [-0.15, -0.1) is 6.42 Å². The fraction of sp³-hybridized carbons (Fsp3) is 0.525. The van der Waals surface area contributed by atoms with Crippen molar-refractivity contribution in [1.82, 2.24) is 19.8 Å². The van der Waals surface area contributed by atoms with E-state index in [4.69, 9.17) is 25.9 Å². The molecule has 54 heavy (non-hydrogen) atoms. The highest BCUT2D eigenvalue weighted by molar-refractivity contribution is 6.00. The molecule has 6 heterocycles. The number of amides is 1. The summed E-state index contributed by atoms with van der Waals surface area (Å²) in [6.45, 7) is 8.04. The minimum atomic E-state index is -1.15. The number of carbonyl (C=O) groups is 1. The molecule has 3 aromatic rings. The Kier molecular flexibility index (Phi) is 9.62. The maximum Gasteiger partial charge on any atom is 0.318 e. The molecule has 1 amide bonds. The zero-order valence-electron chi connectivity index (χ0n) is 30.3. The Morgan fingerprint density at radius 2 is 2.00 bits per heavy atom. The van der Waals surface area contributed by atoms with Gasteiger partial charge in [-0.05, 0) is 56.2 Å². The number of phenolic OH excluding ortho intramolecular Hbond substituents is 1. The number of terminal acetylenes is 1. The topological polar surface area (TPSA) is 135 Å². The number of anilines is 2. The molecule has 8 rings (SSSR count). The molecule has 5 aliphatic rings. The van der Waals surface area contributed by atoms with Crippen LogP contribution < -0.4 is 14.5 Å². The molecule has 3 N–H and O–H groups in total. The van der Waals surface area contributed by atoms with Crippen molar-refractivity contribution in [3.8, 4) is 24.1 Å². The fourth-order valence-electron chi connectivity index (χ4n) is 9.60. The maximum absolute atomic E-state index is 15.3. The van der Waals surface area contributed by atoms with E-state index in [0.717, 1.165) is 18.4 Å². The molecule has 12 nitrogen and oxygen atoms in total. The van der Waals surface area contributed by atoms with E-state index in [0.29, 0.717) is 73.7 Å². The Morgan fingerprint density at radius 1 is 1.20 bits per heavy atom. The van der Waals surface area contributed by atoms with Crippen LogP contribution in [0.3, 0.4) is 0 Å². The first-order valence-corrected chi connectivity index (χ1v) is 18.7. The summed E-state index contributed by atoms with van der Waals surface area (Å²) in [6.07, 6.45) is 6.72. The molecule has 4 fully saturated rings. The lowest BCUT2D eigenvalue weighted by molar-refractivity contribution is -0.130. The minimum absolute atomic E-state index is 0.00600. The highest BCUT2D eigenvalue weighted by atomic mass is 19.1. The average Bonchev–Trinajstić information content (AvgIpc) is 3.62. The van der Waals surface area contributed by atoms with Crippen molar-refractivity contribution in [2.75, 3.05) is 55.8 Å². The van der Waals surface area contributed by atoms with Gasteiger partial charge in [0.15, 0.2) is 0 Å². The van der Waals surface area contributed by atoms with Crippen LogP contribution in [0.15, 0.2) is 36.9 Å². The van der Waals surface area contributed by atoms with Gasteiger partial charge < -0.3 is 39.5 Å². The molecule has 2 aromatic carbocycles. The number of alkyl halides is 1. The zero-order valence-corrected chi connectivity index (χ0v) is 30.3. The van der Waals surface area contributed by atoms with Crippen LogP contribution in [-0.2, 0) is 22.5 Å². The largest absolute Gasteiger partial charge is 0.508 e. The van der Waals surface area contributed by atoms with Crippen LogP contribution in [0.25, 0.3) is 10.8 Å². The lowest BCUT2D eigenvalue weighted by Crippen LogP contribution is -2.60. The van der Waals surface area contributed by atoms with Crippen molar-refractivity contribution >= 4 is 28.2 Å². The maximum atomic E-state index is 15.3. The Labute approximate surface area is 313 Å². The van der Waals surface area contributed by atoms with Crippen LogP contribution >= 0.6 is 0 Å². The number of hydrogen-bond donors (Lipinski definition) is 3. The predicted octanol–water partition coefficient (Wildman–Crippen LogP) is 3.08. The third kappa shape index (κ3) is 6.20. The zero-order chi connectivity index (χ0) is 37.9. The van der Waals surface area contributed by atoms with Gasteiger partial charge in [-0.2, -0.15) is 9.97 Å². The molecule has 286 valence electrons. The number of phenols is 1. The molecule has 6 atom stereocenters. The van der Waals surface area contributed by atoms with Gasteiger partial charge in [0.05, 0.1) is 47.6 Å². The summed E-state index contributed by atoms with van der Waals surface area (Å²) >= 11 is 0. The number of aromatic nitrogens is 2. The van der Waals surface area contributed by atoms with Gasteiger partial charge in [0.2, 0.25) is 5.91 Å². The summed E-state index contributed by atoms with van der Waals surface area (Å²) in [4.78, 5) is 30.6. The number of aromatic hydroxyl groups is 1. The van der Waals surface area contributed by atoms with Gasteiger partial charge in [0, 0.05) is 74.6 Å². The van der Waals surface area contributed by atoms with E-state index in [2.05, 4.69) is 22.3 Å². The number of rotatable bonds is 8. The summed E-state index contributed by atoms with van der Waals surface area (Å²) in [6, 6.07) is 5.35. The summed E-state index contributed by atoms with van der Waals surface area (Å²) in [5.41, 5.74) is 1.13. The standard InChI is InChI=1S/C40H46F2N6O6/c1-4-29-31(42)7-6-24-14-28(50)16-33(37(24)29)45-11-8-30-32(20-45)43-39(44-38(30)46-19-27-15-35(51)34(21-46)48(27)36(52)5-2)54-22-40(23(3)49)17-25(41)18-47(40)26-9-12-53-13-10-26/h1,5-7,14,16,23,25-27,34-35,49-51H,2,8-13,15,17-22H2,3H3/t23-,25+,27-,34-,35?,40-/m0/s1. The molecule has 1 aromatic heterocycles. The summed E-state index contributed by atoms with van der Waals surface area (Å²) in [7, 11) is 0. The highest BCUT2D eigenvalue weighted by Crippen LogP contribution is 2.42. The SMILES string of the molecule is C#Cc1c(F)ccc2cc(O)cc(N3CCc4c(nc(OC[C@]5([C@H](C)O)C[C@@H](F)CN5C5CCOCC5)nc4N4C[C@@H]5CC(O)[C@H](C4)N5C(=O)C=C)C3)c12. The monoisotopic (exact) mass is 744 g/mol. The molecular formula is C40H46F2N6O6. The second kappa shape index (κ2) is 14.3. The van der Waals surface area contributed by atoms with Gasteiger partial charge in [0.1, 0.15) is 30.2 Å². The van der Waals surface area contributed by atoms with Gasteiger partial charge in [-0.3, -0.25) is 9.69 Å². The molecule has 0 radical (unpaired) electrons. The van der Waals surface area contributed by atoms with Crippen LogP contribution in [-0.4, -0.2) is 129 Å². The number of benzene rings is 2. The molecule has 14 heteroatoms. The van der Waals surface area contributed by atoms with E-state index in [9.17, 15) is 20.1 Å². The Balaban J connectivity index is 1.17. The van der Waals surface area contributed by atoms with Crippen molar-refractivity contribution in [3.63, 3.8) is 0 Å². The van der Waals surface area contributed by atoms with Gasteiger partial charge >= 0.3 is 6.01 Å². The second-order valence-corrected chi connectivity index (χ2v) is 15.3. The van der Waals surface area contributed by atoms with Crippen LogP contribution in [0, 0.1) is 18.2 Å². The first-order valence-electron chi connectivity index (χ1n) is 18.7. The molecule has 5 aliphatic heterocycles. The first kappa shape index (κ1) is 36.4. The Morgan fingerprint density at radius 3 is 2.72 bits per heavy atom. The predicted molar refractivity (Wildman–Crippen MR) is 198 cm³/mol. The number of carbonyl (C=O) groups excluding carboxylic acids is 1. The van der Waals surface area contributed by atoms with Crippen molar-refractivity contribution in [2.45, 2.75) is 87.6 Å². The number of ether oxygens (including phenoxy) is 2. The highest BCUT2D eigenvalue weighted by Gasteiger charge is 2.53. The van der Waals surface area contributed by atoms with E-state index in [1.165, 1.54) is 12.1 Å². The molecule has 2 bridgehead atoms. The number of halogens is 2. The number of nitrogens with zero attached hydrogens (tertiary/aromatic N) is 6. The average molecular weight is 745 g/mol. The number of aliphatic hydroxyl groups excluding tert-OH is 2. The Bertz CT molecular complexity index is 2000. The molecule has 0 saturated carbocycles. The number of fused-ring (bicyclic) bond motifs is 4. The first-order chi connectivity index (χ1) is 26.0. The lowest BCUT2D eigenvalue weighted by atomic mass is 9.88. The normalized spacial score (nSPS) is 27.9. The van der Waals surface area contributed by atoms with E-state index in [1.54, 1.807) is 30.0 Å². The molecule has 1 unspecified atom stereocenters. The van der Waals surface area contributed by atoms with Gasteiger partial charge in [0.25, 0.3) is 0 Å². The summed E-state index contributed by atoms with van der Waals surface area (Å²) in [5.74, 6) is 2.34. The number of hydrogen-bond acceptors (Lipinski definition) is 11. The van der Waals surface area contributed by atoms with E-state index in [1.807, 2.05) is 4.90 Å². The third-order valence-electron chi connectivity index (χ3n) is 12.2. The van der Waals surface area contributed by atoms with Crippen molar-refractivity contribution in [2.24, 2.45) is 0 Å². The lowest BCUT2D eigenvalue weighted by Gasteiger charge is -2.45. The summed E-state index contributed by atoms with van der Waals surface area (Å²) in [5, 5.41) is 34.1. The molecular weight excluding hydrogens is 698 g/mol. The third-order valence-corrected chi connectivity index (χ3v) is 12.2. The minimum Gasteiger partial charge on any atom is -0.508 e.